The second-order valence-electron chi connectivity index (χ2n) is 5.50. The van der Waals surface area contributed by atoms with Gasteiger partial charge in [0, 0.05) is 18.1 Å². The Morgan fingerprint density at radius 1 is 1.24 bits per heavy atom. The Bertz CT molecular complexity index is 333. The molecular weight excluding hydrogens is 232 g/mol. The summed E-state index contributed by atoms with van der Waals surface area (Å²) in [5.74, 6) is 0. The molecule has 3 heteroatoms. The van der Waals surface area contributed by atoms with E-state index in [0.29, 0.717) is 0 Å². The van der Waals surface area contributed by atoms with Crippen LogP contribution in [0.4, 0.5) is 0 Å². The number of nitrogens with two attached hydrogens (primary N) is 1. The van der Waals surface area contributed by atoms with E-state index in [1.54, 1.807) is 0 Å². The quantitative estimate of drug-likeness (QED) is 0.845. The Balaban J connectivity index is 2.49. The van der Waals surface area contributed by atoms with Crippen LogP contribution in [-0.2, 0) is 6.54 Å². The molecule has 96 valence electrons. The van der Waals surface area contributed by atoms with Gasteiger partial charge in [0.05, 0.1) is 0 Å². The summed E-state index contributed by atoms with van der Waals surface area (Å²) < 4.78 is 0. The van der Waals surface area contributed by atoms with Gasteiger partial charge in [-0.2, -0.15) is 0 Å². The molecule has 1 aromatic rings. The van der Waals surface area contributed by atoms with Crippen molar-refractivity contribution in [3.63, 3.8) is 0 Å². The summed E-state index contributed by atoms with van der Waals surface area (Å²) in [5, 5.41) is 0.792. The van der Waals surface area contributed by atoms with Crippen molar-refractivity contribution < 1.29 is 0 Å². The fourth-order valence-electron chi connectivity index (χ4n) is 2.16. The zero-order chi connectivity index (χ0) is 12.9. The summed E-state index contributed by atoms with van der Waals surface area (Å²) >= 11 is 5.87. The molecule has 0 atom stereocenters. The van der Waals surface area contributed by atoms with Crippen LogP contribution in [-0.4, -0.2) is 25.0 Å². The smallest absolute Gasteiger partial charge is 0.0406 e. The molecule has 17 heavy (non-hydrogen) atoms. The lowest BCUT2D eigenvalue weighted by atomic mass is 9.89. The highest BCUT2D eigenvalue weighted by atomic mass is 35.5. The van der Waals surface area contributed by atoms with Crippen LogP contribution < -0.4 is 5.73 Å². The number of nitrogens with zero attached hydrogens (tertiary/aromatic N) is 1. The monoisotopic (exact) mass is 254 g/mol. The number of rotatable bonds is 6. The Labute approximate surface area is 110 Å². The first kappa shape index (κ1) is 14.5. The maximum Gasteiger partial charge on any atom is 0.0406 e. The molecule has 0 radical (unpaired) electrons. The molecule has 1 aromatic carbocycles. The van der Waals surface area contributed by atoms with Gasteiger partial charge in [-0.05, 0) is 43.1 Å². The molecule has 0 saturated heterocycles. The van der Waals surface area contributed by atoms with Gasteiger partial charge < -0.3 is 10.6 Å². The van der Waals surface area contributed by atoms with Crippen molar-refractivity contribution in [3.8, 4) is 0 Å². The van der Waals surface area contributed by atoms with Crippen LogP contribution in [0.1, 0.15) is 25.8 Å². The van der Waals surface area contributed by atoms with Gasteiger partial charge in [0.25, 0.3) is 0 Å². The van der Waals surface area contributed by atoms with Crippen molar-refractivity contribution in [3.05, 3.63) is 34.9 Å². The van der Waals surface area contributed by atoms with Crippen molar-refractivity contribution >= 4 is 11.6 Å². The summed E-state index contributed by atoms with van der Waals surface area (Å²) in [7, 11) is 2.15. The first-order chi connectivity index (χ1) is 7.93. The van der Waals surface area contributed by atoms with Gasteiger partial charge in [-0.1, -0.05) is 37.6 Å². The van der Waals surface area contributed by atoms with Crippen molar-refractivity contribution in [1.29, 1.82) is 0 Å². The van der Waals surface area contributed by atoms with E-state index in [0.717, 1.165) is 31.1 Å². The summed E-state index contributed by atoms with van der Waals surface area (Å²) in [5.41, 5.74) is 7.19. The predicted molar refractivity (Wildman–Crippen MR) is 75.2 cm³/mol. The zero-order valence-corrected chi connectivity index (χ0v) is 11.8. The summed E-state index contributed by atoms with van der Waals surface area (Å²) in [4.78, 5) is 2.33. The molecule has 0 fully saturated rings. The number of benzene rings is 1. The lowest BCUT2D eigenvalue weighted by Crippen LogP contribution is -2.32. The molecule has 0 aliphatic carbocycles. The van der Waals surface area contributed by atoms with Gasteiger partial charge in [-0.15, -0.1) is 0 Å². The minimum Gasteiger partial charge on any atom is -0.330 e. The van der Waals surface area contributed by atoms with Gasteiger partial charge in [-0.25, -0.2) is 0 Å². The molecule has 1 rings (SSSR count). The SMILES string of the molecule is CN(Cc1ccc(Cl)cc1)CC(C)(C)CCN. The Hall–Kier alpha value is -0.570. The van der Waals surface area contributed by atoms with Gasteiger partial charge in [0.15, 0.2) is 0 Å². The third-order valence-corrected chi connectivity index (χ3v) is 3.14. The molecule has 0 aromatic heterocycles. The lowest BCUT2D eigenvalue weighted by Gasteiger charge is -2.30. The molecule has 0 heterocycles. The molecule has 0 amide bonds. The minimum atomic E-state index is 0.274. The second kappa shape index (κ2) is 6.39. The maximum atomic E-state index is 5.87. The van der Waals surface area contributed by atoms with Gasteiger partial charge in [0.1, 0.15) is 0 Å². The van der Waals surface area contributed by atoms with E-state index in [4.69, 9.17) is 17.3 Å². The summed E-state index contributed by atoms with van der Waals surface area (Å²) in [6, 6.07) is 8.04. The standard InChI is InChI=1S/C14H23ClN2/c1-14(2,8-9-16)11-17(3)10-12-4-6-13(15)7-5-12/h4-7H,8-11,16H2,1-3H3. The van der Waals surface area contributed by atoms with Crippen molar-refractivity contribution in [2.45, 2.75) is 26.8 Å². The van der Waals surface area contributed by atoms with E-state index in [1.807, 2.05) is 12.1 Å². The highest BCUT2D eigenvalue weighted by molar-refractivity contribution is 6.30. The maximum absolute atomic E-state index is 5.87. The fraction of sp³-hybridized carbons (Fsp3) is 0.571. The molecule has 0 aliphatic rings. The van der Waals surface area contributed by atoms with Crippen LogP contribution in [0.5, 0.6) is 0 Å². The normalized spacial score (nSPS) is 12.1. The van der Waals surface area contributed by atoms with Crippen LogP contribution in [0.25, 0.3) is 0 Å². The topological polar surface area (TPSA) is 29.3 Å². The lowest BCUT2D eigenvalue weighted by molar-refractivity contribution is 0.195. The first-order valence-corrected chi connectivity index (χ1v) is 6.44. The zero-order valence-electron chi connectivity index (χ0n) is 11.0. The Morgan fingerprint density at radius 2 is 1.82 bits per heavy atom. The van der Waals surface area contributed by atoms with Gasteiger partial charge >= 0.3 is 0 Å². The molecular formula is C14H23ClN2. The van der Waals surface area contributed by atoms with E-state index in [2.05, 4.69) is 37.9 Å². The first-order valence-electron chi connectivity index (χ1n) is 6.06. The number of hydrogen-bond donors (Lipinski definition) is 1. The molecule has 0 aliphatic heterocycles. The fourth-order valence-corrected chi connectivity index (χ4v) is 2.28. The average Bonchev–Trinajstić information content (AvgIpc) is 2.20. The van der Waals surface area contributed by atoms with Crippen LogP contribution in [0.15, 0.2) is 24.3 Å². The predicted octanol–water partition coefficient (Wildman–Crippen LogP) is 3.15. The minimum absolute atomic E-state index is 0.274. The Morgan fingerprint density at radius 3 is 2.35 bits per heavy atom. The highest BCUT2D eigenvalue weighted by Gasteiger charge is 2.18. The Kier molecular flexibility index (Phi) is 5.44. The molecule has 2 nitrogen and oxygen atoms in total. The van der Waals surface area contributed by atoms with E-state index in [-0.39, 0.29) is 5.41 Å². The van der Waals surface area contributed by atoms with E-state index in [1.165, 1.54) is 5.56 Å². The van der Waals surface area contributed by atoms with Crippen LogP contribution in [0.3, 0.4) is 0 Å². The number of halogens is 1. The van der Waals surface area contributed by atoms with Crippen LogP contribution >= 0.6 is 11.6 Å². The number of hydrogen-bond acceptors (Lipinski definition) is 2. The van der Waals surface area contributed by atoms with Crippen LogP contribution in [0, 0.1) is 5.41 Å². The third kappa shape index (κ3) is 5.53. The third-order valence-electron chi connectivity index (χ3n) is 2.88. The molecule has 0 saturated carbocycles. The van der Waals surface area contributed by atoms with Crippen molar-refractivity contribution in [2.75, 3.05) is 20.1 Å². The summed E-state index contributed by atoms with van der Waals surface area (Å²) in [6.45, 7) is 7.27. The van der Waals surface area contributed by atoms with E-state index < -0.39 is 0 Å². The molecule has 2 N–H and O–H groups in total. The van der Waals surface area contributed by atoms with Crippen molar-refractivity contribution in [1.82, 2.24) is 4.90 Å². The molecule has 0 bridgehead atoms. The molecule has 0 unspecified atom stereocenters. The van der Waals surface area contributed by atoms with Crippen molar-refractivity contribution in [2.24, 2.45) is 11.1 Å². The van der Waals surface area contributed by atoms with Gasteiger partial charge in [0.2, 0.25) is 0 Å². The largest absolute Gasteiger partial charge is 0.330 e. The van der Waals surface area contributed by atoms with Gasteiger partial charge in [-0.3, -0.25) is 0 Å². The average molecular weight is 255 g/mol. The summed E-state index contributed by atoms with van der Waals surface area (Å²) in [6.07, 6.45) is 1.05. The van der Waals surface area contributed by atoms with E-state index >= 15 is 0 Å². The van der Waals surface area contributed by atoms with Crippen LogP contribution in [0.2, 0.25) is 5.02 Å². The van der Waals surface area contributed by atoms with E-state index in [9.17, 15) is 0 Å². The highest BCUT2D eigenvalue weighted by Crippen LogP contribution is 2.21. The molecule has 0 spiro atoms. The second-order valence-corrected chi connectivity index (χ2v) is 5.94.